The van der Waals surface area contributed by atoms with Crippen molar-refractivity contribution in [2.45, 2.75) is 19.4 Å². The Hall–Kier alpha value is -1.46. The van der Waals surface area contributed by atoms with E-state index in [4.69, 9.17) is 4.74 Å². The minimum absolute atomic E-state index is 0.252. The monoisotopic (exact) mass is 352 g/mol. The Morgan fingerprint density at radius 3 is 2.86 bits per heavy atom. The second-order valence-corrected chi connectivity index (χ2v) is 5.61. The number of ether oxygens (including phenoxy) is 1. The fourth-order valence-electron chi connectivity index (χ4n) is 2.13. The average Bonchev–Trinajstić information content (AvgIpc) is 2.50. The molecule has 1 heterocycles. The Morgan fingerprint density at radius 2 is 2.14 bits per heavy atom. The molecular formula is C16H18BrFN2O. The molecule has 5 heteroatoms. The number of rotatable bonds is 6. The lowest BCUT2D eigenvalue weighted by Crippen LogP contribution is -2.19. The van der Waals surface area contributed by atoms with Gasteiger partial charge in [0.1, 0.15) is 11.6 Å². The van der Waals surface area contributed by atoms with Crippen LogP contribution in [0.1, 0.15) is 30.5 Å². The van der Waals surface area contributed by atoms with Gasteiger partial charge >= 0.3 is 0 Å². The Bertz CT molecular complexity index is 607. The Balaban J connectivity index is 2.34. The van der Waals surface area contributed by atoms with Crippen molar-refractivity contribution in [3.63, 3.8) is 0 Å². The van der Waals surface area contributed by atoms with E-state index < -0.39 is 0 Å². The summed E-state index contributed by atoms with van der Waals surface area (Å²) in [5.41, 5.74) is 1.43. The molecular weight excluding hydrogens is 335 g/mol. The molecule has 2 aromatic rings. The van der Waals surface area contributed by atoms with Crippen molar-refractivity contribution in [3.05, 3.63) is 58.1 Å². The van der Waals surface area contributed by atoms with Gasteiger partial charge in [-0.05, 0) is 43.3 Å². The number of hydrogen-bond acceptors (Lipinski definition) is 3. The molecule has 0 radical (unpaired) electrons. The molecule has 1 aromatic carbocycles. The lowest BCUT2D eigenvalue weighted by atomic mass is 10.00. The number of benzene rings is 1. The van der Waals surface area contributed by atoms with Crippen LogP contribution in [0.25, 0.3) is 0 Å². The third-order valence-electron chi connectivity index (χ3n) is 3.10. The van der Waals surface area contributed by atoms with Gasteiger partial charge in [0.25, 0.3) is 0 Å². The van der Waals surface area contributed by atoms with Crippen LogP contribution < -0.4 is 10.1 Å². The fraction of sp³-hybridized carbons (Fsp3) is 0.312. The average molecular weight is 353 g/mol. The molecule has 1 N–H and O–H groups in total. The molecule has 0 fully saturated rings. The maximum atomic E-state index is 14.1. The first-order valence-electron chi connectivity index (χ1n) is 6.85. The van der Waals surface area contributed by atoms with E-state index in [0.717, 1.165) is 16.5 Å². The second-order valence-electron chi connectivity index (χ2n) is 4.69. The molecule has 1 aromatic heterocycles. The number of nitrogens with zero attached hydrogens (tertiary/aromatic N) is 1. The van der Waals surface area contributed by atoms with Crippen molar-refractivity contribution in [3.8, 4) is 5.75 Å². The first-order valence-corrected chi connectivity index (χ1v) is 7.65. The summed E-state index contributed by atoms with van der Waals surface area (Å²) in [6.45, 7) is 2.69. The molecule has 21 heavy (non-hydrogen) atoms. The zero-order chi connectivity index (χ0) is 15.2. The molecule has 3 nitrogen and oxygen atoms in total. The maximum Gasteiger partial charge on any atom is 0.137 e. The number of hydrogen-bond donors (Lipinski definition) is 1. The van der Waals surface area contributed by atoms with Gasteiger partial charge in [-0.25, -0.2) is 4.39 Å². The van der Waals surface area contributed by atoms with Gasteiger partial charge in [-0.15, -0.1) is 0 Å². The Labute approximate surface area is 132 Å². The molecule has 0 aliphatic rings. The van der Waals surface area contributed by atoms with Crippen LogP contribution in [-0.2, 0) is 0 Å². The molecule has 0 aliphatic heterocycles. The smallest absolute Gasteiger partial charge is 0.137 e. The summed E-state index contributed by atoms with van der Waals surface area (Å²) in [6.07, 6.45) is 4.32. The predicted octanol–water partition coefficient (Wildman–Crippen LogP) is 4.08. The van der Waals surface area contributed by atoms with Gasteiger partial charge in [-0.3, -0.25) is 4.98 Å². The summed E-state index contributed by atoms with van der Waals surface area (Å²) in [7, 11) is 1.80. The SMILES string of the molecule is CCCOc1cncc(C(NC)c2cc(Br)ccc2F)c1. The number of nitrogens with one attached hydrogen (secondary N) is 1. The van der Waals surface area contributed by atoms with Crippen LogP contribution in [0.5, 0.6) is 5.75 Å². The van der Waals surface area contributed by atoms with E-state index in [-0.39, 0.29) is 11.9 Å². The van der Waals surface area contributed by atoms with Gasteiger partial charge in [0.15, 0.2) is 0 Å². The van der Waals surface area contributed by atoms with Crippen molar-refractivity contribution >= 4 is 15.9 Å². The highest BCUT2D eigenvalue weighted by Crippen LogP contribution is 2.28. The van der Waals surface area contributed by atoms with Crippen LogP contribution in [0, 0.1) is 5.82 Å². The Kier molecular flexibility index (Phi) is 5.70. The standard InChI is InChI=1S/C16H18BrFN2O/c1-3-6-21-13-7-11(9-20-10-13)16(19-2)14-8-12(17)4-5-15(14)18/h4-5,7-10,16,19H,3,6H2,1-2H3. The van der Waals surface area contributed by atoms with Crippen LogP contribution in [0.15, 0.2) is 41.1 Å². The molecule has 0 saturated carbocycles. The van der Waals surface area contributed by atoms with Gasteiger partial charge < -0.3 is 10.1 Å². The minimum atomic E-state index is -0.278. The van der Waals surface area contributed by atoms with E-state index in [1.807, 2.05) is 13.0 Å². The van der Waals surface area contributed by atoms with E-state index >= 15 is 0 Å². The van der Waals surface area contributed by atoms with Crippen LogP contribution in [0.3, 0.4) is 0 Å². The van der Waals surface area contributed by atoms with Crippen molar-refractivity contribution in [1.82, 2.24) is 10.3 Å². The van der Waals surface area contributed by atoms with Crippen molar-refractivity contribution in [2.75, 3.05) is 13.7 Å². The lowest BCUT2D eigenvalue weighted by molar-refractivity contribution is 0.315. The molecule has 0 amide bonds. The molecule has 2 rings (SSSR count). The van der Waals surface area contributed by atoms with E-state index in [1.54, 1.807) is 31.6 Å². The lowest BCUT2D eigenvalue weighted by Gasteiger charge is -2.18. The third kappa shape index (κ3) is 4.02. The third-order valence-corrected chi connectivity index (χ3v) is 3.59. The van der Waals surface area contributed by atoms with Crippen LogP contribution >= 0.6 is 15.9 Å². The first kappa shape index (κ1) is 15.9. The number of aromatic nitrogens is 1. The van der Waals surface area contributed by atoms with E-state index in [1.165, 1.54) is 6.07 Å². The molecule has 0 saturated heterocycles. The summed E-state index contributed by atoms with van der Waals surface area (Å²) >= 11 is 3.38. The molecule has 0 aliphatic carbocycles. The molecule has 1 unspecified atom stereocenters. The summed E-state index contributed by atoms with van der Waals surface area (Å²) in [6, 6.07) is 6.53. The second kappa shape index (κ2) is 7.52. The highest BCUT2D eigenvalue weighted by molar-refractivity contribution is 9.10. The van der Waals surface area contributed by atoms with E-state index in [0.29, 0.717) is 17.9 Å². The van der Waals surface area contributed by atoms with Crippen LogP contribution in [-0.4, -0.2) is 18.6 Å². The molecule has 112 valence electrons. The van der Waals surface area contributed by atoms with Gasteiger partial charge in [0.05, 0.1) is 18.8 Å². The fourth-order valence-corrected chi connectivity index (χ4v) is 2.51. The minimum Gasteiger partial charge on any atom is -0.492 e. The molecule has 0 spiro atoms. The zero-order valence-corrected chi connectivity index (χ0v) is 13.7. The normalized spacial score (nSPS) is 12.2. The van der Waals surface area contributed by atoms with Crippen LogP contribution in [0.4, 0.5) is 4.39 Å². The summed E-state index contributed by atoms with van der Waals surface area (Å²) < 4.78 is 20.5. The highest BCUT2D eigenvalue weighted by atomic mass is 79.9. The Morgan fingerprint density at radius 1 is 1.33 bits per heavy atom. The summed E-state index contributed by atoms with van der Waals surface area (Å²) in [5, 5.41) is 3.13. The van der Waals surface area contributed by atoms with E-state index in [9.17, 15) is 4.39 Å². The van der Waals surface area contributed by atoms with Gasteiger partial charge in [-0.2, -0.15) is 0 Å². The van der Waals surface area contributed by atoms with Crippen molar-refractivity contribution < 1.29 is 9.13 Å². The quantitative estimate of drug-likeness (QED) is 0.850. The summed E-state index contributed by atoms with van der Waals surface area (Å²) in [5.74, 6) is 0.447. The van der Waals surface area contributed by atoms with Crippen LogP contribution in [0.2, 0.25) is 0 Å². The van der Waals surface area contributed by atoms with E-state index in [2.05, 4.69) is 26.2 Å². The van der Waals surface area contributed by atoms with Gasteiger partial charge in [0, 0.05) is 16.2 Å². The van der Waals surface area contributed by atoms with Gasteiger partial charge in [-0.1, -0.05) is 22.9 Å². The molecule has 0 bridgehead atoms. The largest absolute Gasteiger partial charge is 0.492 e. The van der Waals surface area contributed by atoms with Crippen molar-refractivity contribution in [2.24, 2.45) is 0 Å². The predicted molar refractivity (Wildman–Crippen MR) is 85.0 cm³/mol. The summed E-state index contributed by atoms with van der Waals surface area (Å²) in [4.78, 5) is 4.18. The first-order chi connectivity index (χ1) is 10.2. The van der Waals surface area contributed by atoms with Gasteiger partial charge in [0.2, 0.25) is 0 Å². The topological polar surface area (TPSA) is 34.1 Å². The number of pyridine rings is 1. The maximum absolute atomic E-state index is 14.1. The van der Waals surface area contributed by atoms with Crippen molar-refractivity contribution in [1.29, 1.82) is 0 Å². The highest BCUT2D eigenvalue weighted by Gasteiger charge is 2.17. The number of halogens is 2. The zero-order valence-electron chi connectivity index (χ0n) is 12.1. The molecule has 1 atom stereocenters.